The van der Waals surface area contributed by atoms with Crippen LogP contribution in [0.25, 0.3) is 0 Å². The number of hydrogen-bond acceptors (Lipinski definition) is 8. The van der Waals surface area contributed by atoms with Gasteiger partial charge in [0.1, 0.15) is 12.2 Å². The largest absolute Gasteiger partial charge is 0.456 e. The number of hydrogen-bond donors (Lipinski definition) is 3. The summed E-state index contributed by atoms with van der Waals surface area (Å²) in [5.74, 6) is -7.43. The molecular formula is C34H43F5N4O5. The number of aromatic nitrogens is 4. The maximum atomic E-state index is 15.4. The summed E-state index contributed by atoms with van der Waals surface area (Å²) >= 11 is 0. The predicted molar refractivity (Wildman–Crippen MR) is 160 cm³/mol. The van der Waals surface area contributed by atoms with Crippen molar-refractivity contribution in [1.29, 1.82) is 0 Å². The number of benzene rings is 1. The van der Waals surface area contributed by atoms with Gasteiger partial charge in [0.2, 0.25) is 0 Å². The quantitative estimate of drug-likeness (QED) is 0.246. The van der Waals surface area contributed by atoms with Crippen LogP contribution < -0.4 is 0 Å². The maximum absolute atomic E-state index is 15.4. The zero-order valence-electron chi connectivity index (χ0n) is 27.4. The van der Waals surface area contributed by atoms with Gasteiger partial charge in [-0.05, 0) is 67.1 Å². The number of nitrogens with one attached hydrogen (secondary N) is 1. The van der Waals surface area contributed by atoms with Gasteiger partial charge in [0.05, 0.1) is 25.4 Å². The highest BCUT2D eigenvalue weighted by atomic mass is 19.4. The summed E-state index contributed by atoms with van der Waals surface area (Å²) in [5.41, 5.74) is -3.18. The fraction of sp³-hybridized carbons (Fsp3) is 0.735. The molecule has 7 rings (SSSR count). The zero-order valence-corrected chi connectivity index (χ0v) is 27.4. The second-order valence-electron chi connectivity index (χ2n) is 15.8. The second-order valence-corrected chi connectivity index (χ2v) is 15.8. The third kappa shape index (κ3) is 5.23. The van der Waals surface area contributed by atoms with Gasteiger partial charge in [0.25, 0.3) is 0 Å². The molecule has 2 heterocycles. The molecule has 3 unspecified atom stereocenters. The standard InChI is InChI=1S/C34H43F5N4O5/c1-28(2)18-47-31(48-19-28)12-9-25-27-22(8-11-30(25,44)17-31)24-10-13-32(45,33(35,36)34(37,38)39)29(24,3)14-23(27)21-6-4-20(5-7-21)15-46-16-26-40-42-43-41-26/h4-7,22-24,44-45H,8-19H2,1-3H3,(H,40,41,42,43)/t22?,23-,24?,29+,30?,32+/m1/s1. The van der Waals surface area contributed by atoms with Gasteiger partial charge in [-0.1, -0.05) is 55.8 Å². The molecule has 1 spiro atoms. The van der Waals surface area contributed by atoms with Crippen LogP contribution in [0.2, 0.25) is 0 Å². The molecule has 1 saturated heterocycles. The van der Waals surface area contributed by atoms with Crippen molar-refractivity contribution in [1.82, 2.24) is 20.6 Å². The van der Waals surface area contributed by atoms with Crippen LogP contribution in [0.5, 0.6) is 0 Å². The summed E-state index contributed by atoms with van der Waals surface area (Å²) in [6.07, 6.45) is -4.78. The van der Waals surface area contributed by atoms with Crippen LogP contribution in [0, 0.1) is 22.7 Å². The molecule has 48 heavy (non-hydrogen) atoms. The highest BCUT2D eigenvalue weighted by Gasteiger charge is 2.79. The smallest absolute Gasteiger partial charge is 0.385 e. The van der Waals surface area contributed by atoms with Crippen molar-refractivity contribution in [2.75, 3.05) is 13.2 Å². The van der Waals surface area contributed by atoms with E-state index in [0.29, 0.717) is 44.7 Å². The van der Waals surface area contributed by atoms with Gasteiger partial charge in [-0.25, -0.2) is 0 Å². The first-order valence-corrected chi connectivity index (χ1v) is 16.7. The molecule has 0 amide bonds. The molecular weight excluding hydrogens is 639 g/mol. The summed E-state index contributed by atoms with van der Waals surface area (Å²) in [6, 6.07) is 7.36. The third-order valence-corrected chi connectivity index (χ3v) is 12.2. The molecule has 3 saturated carbocycles. The highest BCUT2D eigenvalue weighted by molar-refractivity contribution is 5.44. The van der Waals surface area contributed by atoms with Crippen molar-refractivity contribution in [2.45, 2.75) is 120 Å². The van der Waals surface area contributed by atoms with Crippen LogP contribution in [0.3, 0.4) is 0 Å². The lowest BCUT2D eigenvalue weighted by Crippen LogP contribution is -2.65. The van der Waals surface area contributed by atoms with E-state index in [1.165, 1.54) is 6.92 Å². The topological polar surface area (TPSA) is 123 Å². The monoisotopic (exact) mass is 682 g/mol. The first kappa shape index (κ1) is 34.0. The molecule has 6 atom stereocenters. The van der Waals surface area contributed by atoms with Crippen molar-refractivity contribution >= 4 is 0 Å². The van der Waals surface area contributed by atoms with E-state index in [9.17, 15) is 23.4 Å². The fourth-order valence-electron chi connectivity index (χ4n) is 9.66. The lowest BCUT2D eigenvalue weighted by atomic mass is 9.49. The Labute approximate surface area is 275 Å². The number of aromatic amines is 1. The Hall–Kier alpha value is -2.52. The van der Waals surface area contributed by atoms with Gasteiger partial charge in [-0.15, -0.1) is 10.2 Å². The van der Waals surface area contributed by atoms with Gasteiger partial charge >= 0.3 is 12.1 Å². The Morgan fingerprint density at radius 2 is 1.67 bits per heavy atom. The van der Waals surface area contributed by atoms with E-state index in [1.807, 2.05) is 24.3 Å². The second kappa shape index (κ2) is 11.2. The molecule has 4 fully saturated rings. The molecule has 2 aromatic rings. The first-order valence-electron chi connectivity index (χ1n) is 16.7. The Balaban J connectivity index is 1.26. The van der Waals surface area contributed by atoms with E-state index in [0.717, 1.165) is 22.3 Å². The van der Waals surface area contributed by atoms with Crippen molar-refractivity contribution in [3.63, 3.8) is 0 Å². The number of nitrogens with zero attached hydrogens (tertiary/aromatic N) is 3. The number of aliphatic hydroxyl groups is 2. The van der Waals surface area contributed by atoms with Crippen LogP contribution >= 0.6 is 0 Å². The third-order valence-electron chi connectivity index (χ3n) is 12.2. The van der Waals surface area contributed by atoms with E-state index in [-0.39, 0.29) is 43.8 Å². The van der Waals surface area contributed by atoms with Gasteiger partial charge in [-0.3, -0.25) is 0 Å². The Kier molecular flexibility index (Phi) is 7.95. The van der Waals surface area contributed by atoms with Crippen molar-refractivity contribution in [2.24, 2.45) is 22.7 Å². The summed E-state index contributed by atoms with van der Waals surface area (Å²) in [5, 5.41) is 37.5. The number of fused-ring (bicyclic) bond motifs is 4. The van der Waals surface area contributed by atoms with Crippen molar-refractivity contribution in [3.8, 4) is 0 Å². The summed E-state index contributed by atoms with van der Waals surface area (Å²) in [4.78, 5) is 0. The average Bonchev–Trinajstić information content (AvgIpc) is 3.64. The molecule has 14 heteroatoms. The van der Waals surface area contributed by atoms with Crippen LogP contribution in [0.4, 0.5) is 22.0 Å². The van der Waals surface area contributed by atoms with Gasteiger partial charge < -0.3 is 24.4 Å². The molecule has 9 nitrogen and oxygen atoms in total. The zero-order chi connectivity index (χ0) is 34.4. The molecule has 264 valence electrons. The predicted octanol–water partition coefficient (Wildman–Crippen LogP) is 6.14. The van der Waals surface area contributed by atoms with E-state index < -0.39 is 52.8 Å². The van der Waals surface area contributed by atoms with Crippen LogP contribution in [0.1, 0.15) is 95.0 Å². The molecule has 3 N–H and O–H groups in total. The summed E-state index contributed by atoms with van der Waals surface area (Å²) < 4.78 is 90.8. The minimum absolute atomic E-state index is 0.0349. The number of H-pyrrole nitrogens is 1. The average molecular weight is 683 g/mol. The van der Waals surface area contributed by atoms with Crippen molar-refractivity contribution in [3.05, 3.63) is 52.4 Å². The number of tetrazole rings is 1. The number of rotatable bonds is 6. The number of halogens is 5. The lowest BCUT2D eigenvalue weighted by Gasteiger charge is -2.59. The van der Waals surface area contributed by atoms with Gasteiger partial charge in [0.15, 0.2) is 11.6 Å². The molecule has 1 aliphatic heterocycles. The molecule has 5 aliphatic rings. The van der Waals surface area contributed by atoms with Gasteiger partial charge in [0, 0.05) is 29.6 Å². The van der Waals surface area contributed by atoms with Crippen LogP contribution in [-0.4, -0.2) is 73.1 Å². The molecule has 0 radical (unpaired) electrons. The normalized spacial score (nSPS) is 36.1. The Morgan fingerprint density at radius 1 is 0.958 bits per heavy atom. The van der Waals surface area contributed by atoms with E-state index in [4.69, 9.17) is 14.2 Å². The minimum Gasteiger partial charge on any atom is -0.385 e. The maximum Gasteiger partial charge on any atom is 0.456 e. The molecule has 0 bridgehead atoms. The highest BCUT2D eigenvalue weighted by Crippen LogP contribution is 2.71. The minimum atomic E-state index is -5.91. The fourth-order valence-corrected chi connectivity index (χ4v) is 9.66. The summed E-state index contributed by atoms with van der Waals surface area (Å²) in [6.45, 7) is 6.85. The molecule has 4 aliphatic carbocycles. The Bertz CT molecular complexity index is 1540. The van der Waals surface area contributed by atoms with E-state index in [1.54, 1.807) is 0 Å². The summed E-state index contributed by atoms with van der Waals surface area (Å²) in [7, 11) is 0. The van der Waals surface area contributed by atoms with Gasteiger partial charge in [-0.2, -0.15) is 27.2 Å². The lowest BCUT2D eigenvalue weighted by molar-refractivity contribution is -0.362. The van der Waals surface area contributed by atoms with E-state index in [2.05, 4.69) is 34.5 Å². The number of alkyl halides is 5. The van der Waals surface area contributed by atoms with Crippen LogP contribution in [0.15, 0.2) is 35.4 Å². The molecule has 1 aromatic carbocycles. The Morgan fingerprint density at radius 3 is 2.31 bits per heavy atom. The van der Waals surface area contributed by atoms with Crippen molar-refractivity contribution < 1.29 is 46.4 Å². The number of allylic oxidation sites excluding steroid dienone is 1. The van der Waals surface area contributed by atoms with E-state index >= 15 is 8.78 Å². The number of ether oxygens (including phenoxy) is 3. The SMILES string of the molecule is CC1(C)COC2(CCC3=C4C(CCC3(O)C2)C2CC[C@@](O)(C(F)(F)C(F)(F)F)[C@@]2(C)C[C@@H]4c2ccc(COCc3nn[nH]n3)cc2)OC1. The molecule has 1 aromatic heterocycles. The van der Waals surface area contributed by atoms with Crippen LogP contribution in [-0.2, 0) is 27.4 Å². The first-order chi connectivity index (χ1) is 22.4.